The summed E-state index contributed by atoms with van der Waals surface area (Å²) in [6, 6.07) is 0. The third-order valence-electron chi connectivity index (χ3n) is 2.11. The zero-order valence-corrected chi connectivity index (χ0v) is 8.78. The van der Waals surface area contributed by atoms with Crippen LogP contribution in [-0.4, -0.2) is 14.9 Å². The van der Waals surface area contributed by atoms with E-state index in [-0.39, 0.29) is 5.41 Å². The Morgan fingerprint density at radius 3 is 2.54 bits per heavy atom. The van der Waals surface area contributed by atoms with Crippen molar-refractivity contribution < 1.29 is 5.11 Å². The molecule has 3 heteroatoms. The molecule has 0 spiro atoms. The highest BCUT2D eigenvalue weighted by Gasteiger charge is 2.24. The Morgan fingerprint density at radius 2 is 2.15 bits per heavy atom. The van der Waals surface area contributed by atoms with Crippen LogP contribution in [0.4, 0.5) is 0 Å². The zero-order valence-electron chi connectivity index (χ0n) is 8.78. The van der Waals surface area contributed by atoms with Crippen LogP contribution in [0, 0.1) is 5.41 Å². The Hall–Kier alpha value is -0.830. The summed E-state index contributed by atoms with van der Waals surface area (Å²) < 4.78 is 1.82. The van der Waals surface area contributed by atoms with Gasteiger partial charge in [0.05, 0.1) is 12.3 Å². The topological polar surface area (TPSA) is 38.0 Å². The lowest BCUT2D eigenvalue weighted by molar-refractivity contribution is 0.0626. The number of aliphatic hydroxyl groups is 1. The average molecular weight is 182 g/mol. The molecule has 0 fully saturated rings. The van der Waals surface area contributed by atoms with Gasteiger partial charge in [-0.05, 0) is 12.3 Å². The molecule has 1 unspecified atom stereocenters. The lowest BCUT2D eigenvalue weighted by Crippen LogP contribution is -2.17. The molecule has 74 valence electrons. The van der Waals surface area contributed by atoms with Crippen LogP contribution < -0.4 is 0 Å². The standard InChI is InChI=1S/C10H18N2O/c1-5-12-7-8(6-11-12)9(13)10(2,3)4/h6-7,9,13H,5H2,1-4H3. The fourth-order valence-electron chi connectivity index (χ4n) is 1.19. The number of rotatable bonds is 2. The fourth-order valence-corrected chi connectivity index (χ4v) is 1.19. The van der Waals surface area contributed by atoms with E-state index in [2.05, 4.69) is 5.10 Å². The van der Waals surface area contributed by atoms with Gasteiger partial charge in [0.15, 0.2) is 0 Å². The molecule has 0 aliphatic carbocycles. The van der Waals surface area contributed by atoms with Gasteiger partial charge in [-0.2, -0.15) is 5.10 Å². The first-order chi connectivity index (χ1) is 5.95. The van der Waals surface area contributed by atoms with Gasteiger partial charge in [0.25, 0.3) is 0 Å². The van der Waals surface area contributed by atoms with Crippen molar-refractivity contribution in [2.24, 2.45) is 5.41 Å². The van der Waals surface area contributed by atoms with Gasteiger partial charge >= 0.3 is 0 Å². The number of aromatic nitrogens is 2. The van der Waals surface area contributed by atoms with Crippen LogP contribution in [0.2, 0.25) is 0 Å². The van der Waals surface area contributed by atoms with Gasteiger partial charge in [-0.1, -0.05) is 20.8 Å². The van der Waals surface area contributed by atoms with Crippen LogP contribution in [0.5, 0.6) is 0 Å². The van der Waals surface area contributed by atoms with Crippen LogP contribution in [0.25, 0.3) is 0 Å². The molecule has 0 aliphatic heterocycles. The number of aryl methyl sites for hydroxylation is 1. The molecule has 1 rings (SSSR count). The average Bonchev–Trinajstić information content (AvgIpc) is 2.48. The first-order valence-electron chi connectivity index (χ1n) is 4.65. The Balaban J connectivity index is 2.83. The summed E-state index contributed by atoms with van der Waals surface area (Å²) in [6.45, 7) is 8.92. The molecule has 1 aromatic rings. The van der Waals surface area contributed by atoms with E-state index in [1.807, 2.05) is 38.6 Å². The van der Waals surface area contributed by atoms with Crippen LogP contribution in [0.15, 0.2) is 12.4 Å². The number of aliphatic hydroxyl groups excluding tert-OH is 1. The molecule has 0 radical (unpaired) electrons. The van der Waals surface area contributed by atoms with Gasteiger partial charge in [-0.3, -0.25) is 4.68 Å². The minimum absolute atomic E-state index is 0.123. The molecule has 0 aromatic carbocycles. The van der Waals surface area contributed by atoms with Crippen molar-refractivity contribution in [1.82, 2.24) is 9.78 Å². The second-order valence-corrected chi connectivity index (χ2v) is 4.40. The molecule has 0 saturated heterocycles. The van der Waals surface area contributed by atoms with Gasteiger partial charge in [0.1, 0.15) is 0 Å². The second kappa shape index (κ2) is 3.50. The highest BCUT2D eigenvalue weighted by Crippen LogP contribution is 2.31. The summed E-state index contributed by atoms with van der Waals surface area (Å²) in [5, 5.41) is 14.0. The highest BCUT2D eigenvalue weighted by molar-refractivity contribution is 5.10. The van der Waals surface area contributed by atoms with E-state index in [4.69, 9.17) is 0 Å². The van der Waals surface area contributed by atoms with Crippen molar-refractivity contribution >= 4 is 0 Å². The van der Waals surface area contributed by atoms with Crippen LogP contribution >= 0.6 is 0 Å². The number of nitrogens with zero attached hydrogens (tertiary/aromatic N) is 2. The van der Waals surface area contributed by atoms with E-state index in [0.717, 1.165) is 12.1 Å². The predicted octanol–water partition coefficient (Wildman–Crippen LogP) is 1.98. The van der Waals surface area contributed by atoms with Crippen molar-refractivity contribution in [1.29, 1.82) is 0 Å². The molecule has 1 aromatic heterocycles. The maximum atomic E-state index is 9.91. The molecule has 0 amide bonds. The molecule has 0 bridgehead atoms. The molecule has 13 heavy (non-hydrogen) atoms. The lowest BCUT2D eigenvalue weighted by Gasteiger charge is -2.24. The van der Waals surface area contributed by atoms with E-state index in [1.54, 1.807) is 6.20 Å². The van der Waals surface area contributed by atoms with Crippen LogP contribution in [0.3, 0.4) is 0 Å². The van der Waals surface area contributed by atoms with Crippen molar-refractivity contribution in [3.8, 4) is 0 Å². The summed E-state index contributed by atoms with van der Waals surface area (Å²) >= 11 is 0. The number of hydrogen-bond donors (Lipinski definition) is 1. The minimum atomic E-state index is -0.437. The Kier molecular flexibility index (Phi) is 2.76. The van der Waals surface area contributed by atoms with Crippen molar-refractivity contribution in [3.05, 3.63) is 18.0 Å². The Bertz CT molecular complexity index is 273. The Labute approximate surface area is 79.4 Å². The third-order valence-corrected chi connectivity index (χ3v) is 2.11. The molecule has 0 saturated carbocycles. The minimum Gasteiger partial charge on any atom is -0.388 e. The lowest BCUT2D eigenvalue weighted by atomic mass is 9.86. The van der Waals surface area contributed by atoms with E-state index >= 15 is 0 Å². The normalized spacial score (nSPS) is 14.5. The van der Waals surface area contributed by atoms with Gasteiger partial charge in [0, 0.05) is 18.3 Å². The summed E-state index contributed by atoms with van der Waals surface area (Å²) in [6.07, 6.45) is 3.20. The molecule has 1 heterocycles. The molecule has 1 N–H and O–H groups in total. The monoisotopic (exact) mass is 182 g/mol. The molecular weight excluding hydrogens is 164 g/mol. The summed E-state index contributed by atoms with van der Waals surface area (Å²) in [5.74, 6) is 0. The zero-order chi connectivity index (χ0) is 10.1. The van der Waals surface area contributed by atoms with Crippen molar-refractivity contribution in [2.75, 3.05) is 0 Å². The summed E-state index contributed by atoms with van der Waals surface area (Å²) in [4.78, 5) is 0. The largest absolute Gasteiger partial charge is 0.388 e. The SMILES string of the molecule is CCn1cc(C(O)C(C)(C)C)cn1. The summed E-state index contributed by atoms with van der Waals surface area (Å²) in [5.41, 5.74) is 0.774. The Morgan fingerprint density at radius 1 is 1.54 bits per heavy atom. The van der Waals surface area contributed by atoms with E-state index in [9.17, 15) is 5.11 Å². The van der Waals surface area contributed by atoms with Gasteiger partial charge in [-0.15, -0.1) is 0 Å². The third kappa shape index (κ3) is 2.31. The predicted molar refractivity (Wildman–Crippen MR) is 52.3 cm³/mol. The smallest absolute Gasteiger partial charge is 0.0868 e. The van der Waals surface area contributed by atoms with Crippen LogP contribution in [-0.2, 0) is 6.54 Å². The van der Waals surface area contributed by atoms with Gasteiger partial charge in [0.2, 0.25) is 0 Å². The van der Waals surface area contributed by atoms with Gasteiger partial charge < -0.3 is 5.11 Å². The highest BCUT2D eigenvalue weighted by atomic mass is 16.3. The van der Waals surface area contributed by atoms with E-state index < -0.39 is 6.10 Å². The fraction of sp³-hybridized carbons (Fsp3) is 0.700. The molecule has 1 atom stereocenters. The first-order valence-corrected chi connectivity index (χ1v) is 4.65. The molecular formula is C10H18N2O. The summed E-state index contributed by atoms with van der Waals surface area (Å²) in [7, 11) is 0. The number of hydrogen-bond acceptors (Lipinski definition) is 2. The second-order valence-electron chi connectivity index (χ2n) is 4.40. The van der Waals surface area contributed by atoms with Crippen molar-refractivity contribution in [3.63, 3.8) is 0 Å². The first kappa shape index (κ1) is 10.3. The molecule has 3 nitrogen and oxygen atoms in total. The molecule has 0 aliphatic rings. The van der Waals surface area contributed by atoms with Crippen LogP contribution in [0.1, 0.15) is 39.4 Å². The quantitative estimate of drug-likeness (QED) is 0.759. The van der Waals surface area contributed by atoms with E-state index in [1.165, 1.54) is 0 Å². The van der Waals surface area contributed by atoms with Gasteiger partial charge in [-0.25, -0.2) is 0 Å². The van der Waals surface area contributed by atoms with Crippen molar-refractivity contribution in [2.45, 2.75) is 40.3 Å². The van der Waals surface area contributed by atoms with E-state index in [0.29, 0.717) is 0 Å². The maximum absolute atomic E-state index is 9.91. The maximum Gasteiger partial charge on any atom is 0.0868 e.